The first-order valence-electron chi connectivity index (χ1n) is 9.75. The number of nitrogens with one attached hydrogen (secondary N) is 1. The molecular formula is C22H18F3N5O2. The fourth-order valence-electron chi connectivity index (χ4n) is 3.58. The van der Waals surface area contributed by atoms with Gasteiger partial charge in [-0.25, -0.2) is 23.1 Å². The van der Waals surface area contributed by atoms with Crippen molar-refractivity contribution in [3.05, 3.63) is 70.5 Å². The number of halogens is 3. The van der Waals surface area contributed by atoms with E-state index in [1.807, 2.05) is 6.07 Å². The number of nitriles is 1. The molecule has 2 heterocycles. The van der Waals surface area contributed by atoms with Gasteiger partial charge in [0.25, 0.3) is 18.4 Å². The minimum Gasteiger partial charge on any atom is -0.425 e. The third-order valence-electron chi connectivity index (χ3n) is 5.25. The Labute approximate surface area is 181 Å². The highest BCUT2D eigenvalue weighted by Crippen LogP contribution is 2.42. The van der Waals surface area contributed by atoms with Gasteiger partial charge in [-0.3, -0.25) is 4.79 Å². The number of allylic oxidation sites excluding steroid dienone is 1. The van der Waals surface area contributed by atoms with Crippen LogP contribution in [0.2, 0.25) is 0 Å². The molecule has 1 aliphatic carbocycles. The molecule has 1 aromatic carbocycles. The van der Waals surface area contributed by atoms with E-state index in [1.54, 1.807) is 6.07 Å². The molecule has 1 amide bonds. The number of pyridine rings is 1. The zero-order valence-electron chi connectivity index (χ0n) is 16.9. The number of nitrogens with two attached hydrogens (primary N) is 1. The molecular weight excluding hydrogens is 423 g/mol. The summed E-state index contributed by atoms with van der Waals surface area (Å²) in [5.74, 6) is -1.82. The molecule has 1 saturated carbocycles. The molecule has 1 aliphatic heterocycles. The summed E-state index contributed by atoms with van der Waals surface area (Å²) in [5, 5.41) is 11.8. The molecule has 1 atom stereocenters. The third-order valence-corrected chi connectivity index (χ3v) is 5.25. The zero-order valence-corrected chi connectivity index (χ0v) is 16.9. The summed E-state index contributed by atoms with van der Waals surface area (Å²) in [6.45, 7) is 1.40. The standard InChI is InChI=1S/C22H18F3N5O2/c1-22(8-17(19(24)25)32-21(27)30-22)15-7-13(4-5-16(15)23)29-20(31)18-14(12-2-3-12)6-11(9-26)10-28-18/h4-8,10,12,19H,2-3H2,1H3,(H2,27,30)(H,29,31)/t22-/m0/s1. The molecule has 0 saturated heterocycles. The number of amides is 1. The number of benzene rings is 1. The quantitative estimate of drug-likeness (QED) is 0.730. The molecule has 0 radical (unpaired) electrons. The summed E-state index contributed by atoms with van der Waals surface area (Å²) in [6, 6.07) is 6.87. The van der Waals surface area contributed by atoms with Crippen LogP contribution in [-0.2, 0) is 10.3 Å². The molecule has 1 aromatic heterocycles. The van der Waals surface area contributed by atoms with Crippen LogP contribution in [0.5, 0.6) is 0 Å². The van der Waals surface area contributed by atoms with Gasteiger partial charge >= 0.3 is 0 Å². The normalized spacial score (nSPS) is 20.1. The van der Waals surface area contributed by atoms with Gasteiger partial charge in [0.1, 0.15) is 23.1 Å². The molecule has 3 N–H and O–H groups in total. The van der Waals surface area contributed by atoms with Crippen LogP contribution in [0.4, 0.5) is 18.9 Å². The van der Waals surface area contributed by atoms with Crippen molar-refractivity contribution in [3.63, 3.8) is 0 Å². The number of aliphatic imine (C=N–C) groups is 1. The van der Waals surface area contributed by atoms with E-state index in [-0.39, 0.29) is 22.9 Å². The van der Waals surface area contributed by atoms with Crippen LogP contribution in [0.3, 0.4) is 0 Å². The minimum absolute atomic E-state index is 0.0742. The maximum atomic E-state index is 14.7. The molecule has 0 unspecified atom stereocenters. The summed E-state index contributed by atoms with van der Waals surface area (Å²) in [5.41, 5.74) is 5.32. The van der Waals surface area contributed by atoms with Gasteiger partial charge < -0.3 is 15.8 Å². The van der Waals surface area contributed by atoms with Crippen molar-refractivity contribution in [1.29, 1.82) is 5.26 Å². The van der Waals surface area contributed by atoms with Crippen LogP contribution in [0.25, 0.3) is 0 Å². The zero-order chi connectivity index (χ0) is 23.0. The van der Waals surface area contributed by atoms with E-state index >= 15 is 0 Å². The van der Waals surface area contributed by atoms with Crippen molar-refractivity contribution >= 4 is 17.6 Å². The first-order valence-corrected chi connectivity index (χ1v) is 9.75. The van der Waals surface area contributed by atoms with E-state index in [9.17, 15) is 18.0 Å². The number of ether oxygens (including phenoxy) is 1. The minimum atomic E-state index is -2.96. The highest BCUT2D eigenvalue weighted by Gasteiger charge is 2.35. The van der Waals surface area contributed by atoms with Gasteiger partial charge in [-0.1, -0.05) is 0 Å². The number of amidine groups is 1. The smallest absolute Gasteiger partial charge is 0.295 e. The topological polar surface area (TPSA) is 113 Å². The van der Waals surface area contributed by atoms with Gasteiger partial charge in [-0.05, 0) is 61.6 Å². The maximum Gasteiger partial charge on any atom is 0.295 e. The van der Waals surface area contributed by atoms with Crippen LogP contribution in [0.1, 0.15) is 52.9 Å². The van der Waals surface area contributed by atoms with Gasteiger partial charge in [-0.2, -0.15) is 5.26 Å². The van der Waals surface area contributed by atoms with Crippen molar-refractivity contribution in [2.45, 2.75) is 37.6 Å². The van der Waals surface area contributed by atoms with Gasteiger partial charge in [-0.15, -0.1) is 0 Å². The van der Waals surface area contributed by atoms with Crippen LogP contribution in [-0.4, -0.2) is 23.3 Å². The molecule has 164 valence electrons. The highest BCUT2D eigenvalue weighted by atomic mass is 19.3. The van der Waals surface area contributed by atoms with Crippen molar-refractivity contribution in [3.8, 4) is 6.07 Å². The summed E-state index contributed by atoms with van der Waals surface area (Å²) in [6.07, 6.45) is 1.14. The van der Waals surface area contributed by atoms with E-state index in [2.05, 4.69) is 15.3 Å². The Kier molecular flexibility index (Phi) is 5.34. The van der Waals surface area contributed by atoms with Crippen molar-refractivity contribution in [1.82, 2.24) is 4.98 Å². The van der Waals surface area contributed by atoms with Gasteiger partial charge in [0.05, 0.1) is 5.56 Å². The average molecular weight is 441 g/mol. The predicted molar refractivity (Wildman–Crippen MR) is 109 cm³/mol. The first kappa shape index (κ1) is 21.4. The first-order chi connectivity index (χ1) is 15.2. The second-order valence-electron chi connectivity index (χ2n) is 7.74. The Bertz CT molecular complexity index is 1200. The Morgan fingerprint density at radius 1 is 1.38 bits per heavy atom. The van der Waals surface area contributed by atoms with Crippen LogP contribution < -0.4 is 11.1 Å². The number of carbonyl (C=O) groups excluding carboxylic acids is 1. The lowest BCUT2D eigenvalue weighted by Crippen LogP contribution is -2.32. The number of hydrogen-bond donors (Lipinski definition) is 2. The molecule has 4 rings (SSSR count). The lowest BCUT2D eigenvalue weighted by atomic mass is 9.90. The number of anilines is 1. The number of nitrogens with zero attached hydrogens (tertiary/aromatic N) is 3. The molecule has 7 nitrogen and oxygen atoms in total. The largest absolute Gasteiger partial charge is 0.425 e. The molecule has 32 heavy (non-hydrogen) atoms. The van der Waals surface area contributed by atoms with E-state index in [1.165, 1.54) is 25.3 Å². The van der Waals surface area contributed by atoms with Crippen LogP contribution in [0, 0.1) is 17.1 Å². The molecule has 10 heteroatoms. The molecule has 1 fully saturated rings. The lowest BCUT2D eigenvalue weighted by molar-refractivity contribution is 0.102. The van der Waals surface area contributed by atoms with Gasteiger partial charge in [0.2, 0.25) is 0 Å². The molecule has 0 spiro atoms. The SMILES string of the molecule is C[C@@]1(c2cc(NC(=O)c3ncc(C#N)cc3C3CC3)ccc2F)C=C(C(F)F)OC(N)=N1. The second kappa shape index (κ2) is 8.00. The summed E-state index contributed by atoms with van der Waals surface area (Å²) >= 11 is 0. The monoisotopic (exact) mass is 441 g/mol. The fourth-order valence-corrected chi connectivity index (χ4v) is 3.58. The highest BCUT2D eigenvalue weighted by molar-refractivity contribution is 6.04. The predicted octanol–water partition coefficient (Wildman–Crippen LogP) is 3.93. The van der Waals surface area contributed by atoms with E-state index in [4.69, 9.17) is 15.7 Å². The van der Waals surface area contributed by atoms with Crippen molar-refractivity contribution in [2.24, 2.45) is 10.7 Å². The van der Waals surface area contributed by atoms with E-state index in [0.717, 1.165) is 25.0 Å². The van der Waals surface area contributed by atoms with Crippen LogP contribution >= 0.6 is 0 Å². The average Bonchev–Trinajstić information content (AvgIpc) is 3.59. The van der Waals surface area contributed by atoms with E-state index in [0.29, 0.717) is 11.1 Å². The Morgan fingerprint density at radius 2 is 2.12 bits per heavy atom. The number of rotatable bonds is 5. The summed E-state index contributed by atoms with van der Waals surface area (Å²) < 4.78 is 45.7. The van der Waals surface area contributed by atoms with Gasteiger partial charge in [0, 0.05) is 17.4 Å². The Balaban J connectivity index is 1.67. The number of alkyl halides is 2. The molecule has 2 aromatic rings. The van der Waals surface area contributed by atoms with E-state index < -0.39 is 35.5 Å². The Morgan fingerprint density at radius 3 is 2.78 bits per heavy atom. The summed E-state index contributed by atoms with van der Waals surface area (Å²) in [7, 11) is 0. The number of hydrogen-bond acceptors (Lipinski definition) is 6. The van der Waals surface area contributed by atoms with Crippen molar-refractivity contribution < 1.29 is 22.7 Å². The number of carbonyl (C=O) groups is 1. The Hall–Kier alpha value is -3.87. The molecule has 0 bridgehead atoms. The van der Waals surface area contributed by atoms with Gasteiger partial charge in [0.15, 0.2) is 5.76 Å². The lowest BCUT2D eigenvalue weighted by Gasteiger charge is -2.28. The van der Waals surface area contributed by atoms with Crippen molar-refractivity contribution in [2.75, 3.05) is 5.32 Å². The third kappa shape index (κ3) is 4.14. The maximum absolute atomic E-state index is 14.7. The van der Waals surface area contributed by atoms with Crippen LogP contribution in [0.15, 0.2) is 47.3 Å². The fraction of sp³-hybridized carbons (Fsp3) is 0.273. The second-order valence-corrected chi connectivity index (χ2v) is 7.74. The molecule has 2 aliphatic rings. The summed E-state index contributed by atoms with van der Waals surface area (Å²) in [4.78, 5) is 21.0. The number of aromatic nitrogens is 1.